The van der Waals surface area contributed by atoms with Crippen LogP contribution in [0.15, 0.2) is 54.6 Å². The largest absolute Gasteiger partial charge is 0.339 e. The SMILES string of the molecule is C[NH+](Cc1nc2ccccc2s1)CN1C(=O)C(=O)N(Cc2ccccc2)C1=O. The van der Waals surface area contributed by atoms with Crippen LogP contribution in [0.5, 0.6) is 0 Å². The molecule has 4 amide bonds. The van der Waals surface area contributed by atoms with Crippen molar-refractivity contribution < 1.29 is 19.3 Å². The molecular formula is C20H19N4O3S+. The lowest BCUT2D eigenvalue weighted by Gasteiger charge is -2.19. The number of hydrogen-bond acceptors (Lipinski definition) is 5. The average Bonchev–Trinajstić information content (AvgIpc) is 3.18. The fourth-order valence-corrected chi connectivity index (χ4v) is 4.26. The lowest BCUT2D eigenvalue weighted by Crippen LogP contribution is -3.09. The molecule has 1 aliphatic heterocycles. The molecule has 142 valence electrons. The molecule has 8 heteroatoms. The molecule has 28 heavy (non-hydrogen) atoms. The van der Waals surface area contributed by atoms with Crippen molar-refractivity contribution in [1.29, 1.82) is 0 Å². The van der Waals surface area contributed by atoms with E-state index in [1.165, 1.54) is 0 Å². The molecule has 1 saturated heterocycles. The predicted octanol–water partition coefficient (Wildman–Crippen LogP) is 1.26. The van der Waals surface area contributed by atoms with E-state index in [9.17, 15) is 14.4 Å². The van der Waals surface area contributed by atoms with Crippen molar-refractivity contribution >= 4 is 39.4 Å². The molecule has 1 atom stereocenters. The zero-order valence-corrected chi connectivity index (χ0v) is 16.1. The van der Waals surface area contributed by atoms with Gasteiger partial charge in [0, 0.05) is 0 Å². The predicted molar refractivity (Wildman–Crippen MR) is 104 cm³/mol. The minimum absolute atomic E-state index is 0.0949. The molecule has 2 aromatic carbocycles. The summed E-state index contributed by atoms with van der Waals surface area (Å²) in [7, 11) is 1.87. The van der Waals surface area contributed by atoms with E-state index in [4.69, 9.17) is 0 Å². The Bertz CT molecular complexity index is 1020. The number of quaternary nitrogens is 1. The van der Waals surface area contributed by atoms with Gasteiger partial charge in [-0.3, -0.25) is 14.5 Å². The van der Waals surface area contributed by atoms with Crippen molar-refractivity contribution in [3.63, 3.8) is 0 Å². The quantitative estimate of drug-likeness (QED) is 0.504. The zero-order chi connectivity index (χ0) is 19.7. The van der Waals surface area contributed by atoms with Gasteiger partial charge in [-0.2, -0.15) is 0 Å². The summed E-state index contributed by atoms with van der Waals surface area (Å²) in [4.78, 5) is 44.8. The summed E-state index contributed by atoms with van der Waals surface area (Å²) in [6.07, 6.45) is 0. The van der Waals surface area contributed by atoms with Gasteiger partial charge in [0.15, 0.2) is 6.67 Å². The van der Waals surface area contributed by atoms with E-state index >= 15 is 0 Å². The standard InChI is InChI=1S/C20H18N4O3S/c1-22(12-17-21-15-9-5-6-10-16(15)28-17)13-24-19(26)18(25)23(20(24)27)11-14-7-3-2-4-8-14/h2-10H,11-13H2,1H3/p+1. The highest BCUT2D eigenvalue weighted by molar-refractivity contribution is 7.18. The highest BCUT2D eigenvalue weighted by Crippen LogP contribution is 2.21. The average molecular weight is 395 g/mol. The lowest BCUT2D eigenvalue weighted by molar-refractivity contribution is -0.901. The smallest absolute Gasteiger partial charge is 0.314 e. The minimum Gasteiger partial charge on any atom is -0.314 e. The summed E-state index contributed by atoms with van der Waals surface area (Å²) in [6, 6.07) is 16.5. The highest BCUT2D eigenvalue weighted by atomic mass is 32.1. The van der Waals surface area contributed by atoms with Gasteiger partial charge >= 0.3 is 17.8 Å². The number of urea groups is 1. The second-order valence-corrected chi connectivity index (χ2v) is 7.88. The molecule has 1 fully saturated rings. The number of nitrogens with zero attached hydrogens (tertiary/aromatic N) is 3. The van der Waals surface area contributed by atoms with E-state index in [0.29, 0.717) is 6.54 Å². The normalized spacial score (nSPS) is 15.7. The number of hydrogen-bond donors (Lipinski definition) is 1. The summed E-state index contributed by atoms with van der Waals surface area (Å²) in [6.45, 7) is 0.769. The van der Waals surface area contributed by atoms with E-state index < -0.39 is 17.8 Å². The Hall–Kier alpha value is -3.10. The van der Waals surface area contributed by atoms with Crippen LogP contribution in [0.1, 0.15) is 10.6 Å². The van der Waals surface area contributed by atoms with Crippen LogP contribution in [0.25, 0.3) is 10.2 Å². The Morgan fingerprint density at radius 2 is 1.61 bits per heavy atom. The molecule has 4 rings (SSSR count). The molecule has 1 aliphatic rings. The molecular weight excluding hydrogens is 376 g/mol. The number of carbonyl (C=O) groups excluding carboxylic acids is 3. The van der Waals surface area contributed by atoms with Crippen molar-refractivity contribution in [2.75, 3.05) is 13.7 Å². The van der Waals surface area contributed by atoms with Gasteiger partial charge in [-0.15, -0.1) is 11.3 Å². The van der Waals surface area contributed by atoms with Crippen molar-refractivity contribution in [3.8, 4) is 0 Å². The number of carbonyl (C=O) groups is 3. The van der Waals surface area contributed by atoms with Crippen LogP contribution >= 0.6 is 11.3 Å². The van der Waals surface area contributed by atoms with Crippen LogP contribution in [0.2, 0.25) is 0 Å². The van der Waals surface area contributed by atoms with Crippen LogP contribution in [0, 0.1) is 0 Å². The molecule has 1 N–H and O–H groups in total. The number of benzene rings is 2. The van der Waals surface area contributed by atoms with Crippen LogP contribution in [-0.2, 0) is 22.7 Å². The van der Waals surface area contributed by atoms with Crippen LogP contribution in [0.3, 0.4) is 0 Å². The zero-order valence-electron chi connectivity index (χ0n) is 15.3. The Morgan fingerprint density at radius 3 is 2.36 bits per heavy atom. The van der Waals surface area contributed by atoms with Gasteiger partial charge in [-0.25, -0.2) is 14.7 Å². The summed E-state index contributed by atoms with van der Waals surface area (Å²) in [5.41, 5.74) is 1.74. The molecule has 2 heterocycles. The summed E-state index contributed by atoms with van der Waals surface area (Å²) in [5, 5.41) is 0.922. The number of aromatic nitrogens is 1. The monoisotopic (exact) mass is 395 g/mol. The third-order valence-corrected chi connectivity index (χ3v) is 5.57. The number of fused-ring (bicyclic) bond motifs is 1. The third-order valence-electron chi connectivity index (χ3n) is 4.54. The fourth-order valence-electron chi connectivity index (χ4n) is 3.17. The minimum atomic E-state index is -0.776. The number of rotatable bonds is 6. The third kappa shape index (κ3) is 3.51. The van der Waals surface area contributed by atoms with Gasteiger partial charge in [-0.1, -0.05) is 42.5 Å². The summed E-state index contributed by atoms with van der Waals surface area (Å²) >= 11 is 1.59. The van der Waals surface area contributed by atoms with Crippen LogP contribution in [0.4, 0.5) is 4.79 Å². The molecule has 1 unspecified atom stereocenters. The first-order valence-electron chi connectivity index (χ1n) is 8.90. The van der Waals surface area contributed by atoms with Gasteiger partial charge in [0.2, 0.25) is 0 Å². The Labute approximate surface area is 165 Å². The van der Waals surface area contributed by atoms with E-state index in [-0.39, 0.29) is 13.2 Å². The first-order valence-corrected chi connectivity index (χ1v) is 9.71. The highest BCUT2D eigenvalue weighted by Gasteiger charge is 2.45. The molecule has 0 spiro atoms. The maximum atomic E-state index is 12.6. The maximum Gasteiger partial charge on any atom is 0.339 e. The second-order valence-electron chi connectivity index (χ2n) is 6.76. The maximum absolute atomic E-state index is 12.6. The summed E-state index contributed by atoms with van der Waals surface area (Å²) in [5.74, 6) is -1.55. The number of amides is 4. The topological polar surface area (TPSA) is 75.0 Å². The number of para-hydroxylation sites is 1. The van der Waals surface area contributed by atoms with E-state index in [2.05, 4.69) is 4.98 Å². The lowest BCUT2D eigenvalue weighted by atomic mass is 10.2. The molecule has 0 radical (unpaired) electrons. The Morgan fingerprint density at radius 1 is 0.929 bits per heavy atom. The number of nitrogens with one attached hydrogen (secondary N) is 1. The van der Waals surface area contributed by atoms with Gasteiger partial charge < -0.3 is 4.90 Å². The van der Waals surface area contributed by atoms with Crippen molar-refractivity contribution in [2.24, 2.45) is 0 Å². The van der Waals surface area contributed by atoms with Crippen molar-refractivity contribution in [3.05, 3.63) is 65.2 Å². The first kappa shape index (κ1) is 18.3. The van der Waals surface area contributed by atoms with E-state index in [1.54, 1.807) is 11.3 Å². The van der Waals surface area contributed by atoms with E-state index in [0.717, 1.165) is 35.5 Å². The molecule has 0 aliphatic carbocycles. The van der Waals surface area contributed by atoms with Crippen molar-refractivity contribution in [1.82, 2.24) is 14.8 Å². The van der Waals surface area contributed by atoms with Crippen LogP contribution < -0.4 is 4.90 Å². The number of thiazole rings is 1. The molecule has 0 bridgehead atoms. The fraction of sp³-hybridized carbons (Fsp3) is 0.200. The molecule has 0 saturated carbocycles. The Balaban J connectivity index is 1.44. The van der Waals surface area contributed by atoms with E-state index in [1.807, 2.05) is 61.6 Å². The van der Waals surface area contributed by atoms with Gasteiger partial charge in [0.05, 0.1) is 23.8 Å². The first-order chi connectivity index (χ1) is 13.5. The van der Waals surface area contributed by atoms with Gasteiger partial charge in [-0.05, 0) is 17.7 Å². The van der Waals surface area contributed by atoms with Gasteiger partial charge in [0.25, 0.3) is 0 Å². The van der Waals surface area contributed by atoms with Gasteiger partial charge in [0.1, 0.15) is 11.6 Å². The molecule has 7 nitrogen and oxygen atoms in total. The molecule has 3 aromatic rings. The second kappa shape index (κ2) is 7.49. The summed E-state index contributed by atoms with van der Waals surface area (Å²) < 4.78 is 1.10. The van der Waals surface area contributed by atoms with Crippen molar-refractivity contribution in [2.45, 2.75) is 13.1 Å². The van der Waals surface area contributed by atoms with Crippen LogP contribution in [-0.4, -0.2) is 46.3 Å². The Kier molecular flexibility index (Phi) is 4.89. The number of imide groups is 2. The molecule has 1 aromatic heterocycles.